The van der Waals surface area contributed by atoms with Crippen molar-refractivity contribution in [3.05, 3.63) is 0 Å². The summed E-state index contributed by atoms with van der Waals surface area (Å²) in [5, 5.41) is 0. The minimum Gasteiger partial charge on any atom is -0.180 e. The van der Waals surface area contributed by atoms with E-state index in [0.29, 0.717) is 12.8 Å². The van der Waals surface area contributed by atoms with Crippen LogP contribution in [0, 0.1) is 0 Å². The van der Waals surface area contributed by atoms with Crippen LogP contribution < -0.4 is 0 Å². The fraction of sp³-hybridized carbons (Fsp3) is 1.00. The molecule has 12 heavy (non-hydrogen) atoms. The van der Waals surface area contributed by atoms with Crippen molar-refractivity contribution in [2.75, 3.05) is 0 Å². The van der Waals surface area contributed by atoms with Crippen LogP contribution in [0.1, 0.15) is 38.5 Å². The van der Waals surface area contributed by atoms with E-state index in [2.05, 4.69) is 4.36 Å². The maximum Gasteiger partial charge on any atom is 0.367 e. The van der Waals surface area contributed by atoms with E-state index in [1.54, 1.807) is 0 Å². The summed E-state index contributed by atoms with van der Waals surface area (Å²) in [4.78, 5) is 0. The molecule has 0 aromatic heterocycles. The van der Waals surface area contributed by atoms with Crippen LogP contribution in [0.5, 0.6) is 0 Å². The van der Waals surface area contributed by atoms with Gasteiger partial charge in [0.2, 0.25) is 0 Å². The molecule has 0 spiro atoms. The lowest BCUT2D eigenvalue weighted by Gasteiger charge is -2.05. The summed E-state index contributed by atoms with van der Waals surface area (Å²) in [6.07, 6.45) is 5.39. The van der Waals surface area contributed by atoms with Gasteiger partial charge in [0.1, 0.15) is 0 Å². The Morgan fingerprint density at radius 2 is 1.58 bits per heavy atom. The van der Waals surface area contributed by atoms with Crippen LogP contribution in [-0.2, 0) is 10.5 Å². The fourth-order valence-corrected chi connectivity index (χ4v) is 2.09. The Morgan fingerprint density at radius 1 is 1.08 bits per heavy atom. The van der Waals surface area contributed by atoms with Crippen LogP contribution in [0.25, 0.3) is 0 Å². The maximum atomic E-state index is 12.0. The van der Waals surface area contributed by atoms with Gasteiger partial charge in [0.05, 0.1) is 6.04 Å². The van der Waals surface area contributed by atoms with Crippen molar-refractivity contribution in [1.82, 2.24) is 0 Å². The van der Waals surface area contributed by atoms with Gasteiger partial charge in [-0.3, -0.25) is 0 Å². The second kappa shape index (κ2) is 4.16. The molecule has 0 atom stereocenters. The molecular weight excluding hydrogens is 184 g/mol. The molecule has 0 saturated heterocycles. The van der Waals surface area contributed by atoms with E-state index in [4.69, 9.17) is 0 Å². The summed E-state index contributed by atoms with van der Waals surface area (Å²) in [5.74, 6) is 0. The summed E-state index contributed by atoms with van der Waals surface area (Å²) in [5.41, 5.74) is 0. The highest BCUT2D eigenvalue weighted by Gasteiger charge is 2.14. The van der Waals surface area contributed by atoms with E-state index in [-0.39, 0.29) is 6.04 Å². The van der Waals surface area contributed by atoms with Crippen molar-refractivity contribution >= 4 is 10.5 Å². The first-order valence-corrected chi connectivity index (χ1v) is 5.55. The summed E-state index contributed by atoms with van der Waals surface area (Å²) in [7, 11) is -4.86. The molecule has 72 valence electrons. The van der Waals surface area contributed by atoms with Crippen molar-refractivity contribution in [2.24, 2.45) is 4.36 Å². The van der Waals surface area contributed by atoms with E-state index in [1.807, 2.05) is 0 Å². The summed E-state index contributed by atoms with van der Waals surface area (Å²) < 4.78 is 37.1. The molecule has 0 aromatic rings. The minimum atomic E-state index is -4.86. The van der Waals surface area contributed by atoms with Crippen LogP contribution in [0.2, 0.25) is 0 Å². The molecule has 0 aliphatic heterocycles. The third kappa shape index (κ3) is 3.99. The number of hydrogen-bond donors (Lipinski definition) is 0. The Kier molecular flexibility index (Phi) is 3.43. The number of hydrogen-bond acceptors (Lipinski definition) is 2. The highest BCUT2D eigenvalue weighted by atomic mass is 32.3. The summed E-state index contributed by atoms with van der Waals surface area (Å²) in [6, 6.07) is -0.366. The lowest BCUT2D eigenvalue weighted by atomic mass is 10.1. The maximum absolute atomic E-state index is 12.0. The smallest absolute Gasteiger partial charge is 0.180 e. The molecule has 1 rings (SSSR count). The van der Waals surface area contributed by atoms with Crippen molar-refractivity contribution in [3.63, 3.8) is 0 Å². The molecule has 0 bridgehead atoms. The Bertz CT molecular complexity index is 232. The average molecular weight is 197 g/mol. The second-order valence-corrected chi connectivity index (χ2v) is 4.15. The molecule has 1 fully saturated rings. The van der Waals surface area contributed by atoms with Crippen LogP contribution in [0.15, 0.2) is 4.36 Å². The molecule has 0 heterocycles. The molecular formula is C7H13F2NOS. The average Bonchev–Trinajstić information content (AvgIpc) is 2.12. The minimum absolute atomic E-state index is 0.366. The van der Waals surface area contributed by atoms with E-state index in [0.717, 1.165) is 25.7 Å². The Balaban J connectivity index is 2.56. The van der Waals surface area contributed by atoms with Crippen molar-refractivity contribution in [3.8, 4) is 0 Å². The number of nitrogens with zero attached hydrogens (tertiary/aromatic N) is 1. The van der Waals surface area contributed by atoms with Gasteiger partial charge in [-0.05, 0) is 12.8 Å². The predicted molar refractivity (Wildman–Crippen MR) is 44.3 cm³/mol. The first kappa shape index (κ1) is 9.89. The van der Waals surface area contributed by atoms with Crippen LogP contribution in [0.4, 0.5) is 7.77 Å². The third-order valence-electron chi connectivity index (χ3n) is 2.10. The van der Waals surface area contributed by atoms with Gasteiger partial charge in [-0.1, -0.05) is 33.5 Å². The van der Waals surface area contributed by atoms with Crippen molar-refractivity contribution in [1.29, 1.82) is 0 Å². The Labute approximate surface area is 72.1 Å². The SMILES string of the molecule is O=S(F)(F)=NC1CCCCCC1. The van der Waals surface area contributed by atoms with Crippen molar-refractivity contribution in [2.45, 2.75) is 44.6 Å². The first-order valence-electron chi connectivity index (χ1n) is 4.23. The monoisotopic (exact) mass is 197 g/mol. The molecule has 0 amide bonds. The standard InChI is InChI=1S/C7H13F2NOS/c8-12(9,11)10-7-5-3-1-2-4-6-7/h7H,1-6H2. The molecule has 1 aliphatic rings. The van der Waals surface area contributed by atoms with Gasteiger partial charge in [0.15, 0.2) is 0 Å². The van der Waals surface area contributed by atoms with Gasteiger partial charge in [-0.25, -0.2) is 0 Å². The van der Waals surface area contributed by atoms with Gasteiger partial charge in [0.25, 0.3) is 0 Å². The molecule has 5 heteroatoms. The molecule has 0 aromatic carbocycles. The second-order valence-electron chi connectivity index (χ2n) is 3.15. The molecule has 0 radical (unpaired) electrons. The van der Waals surface area contributed by atoms with Crippen molar-refractivity contribution < 1.29 is 12.0 Å². The fourth-order valence-electron chi connectivity index (χ4n) is 1.54. The zero-order chi connectivity index (χ0) is 9.03. The lowest BCUT2D eigenvalue weighted by Crippen LogP contribution is -2.03. The van der Waals surface area contributed by atoms with E-state index in [1.165, 1.54) is 0 Å². The van der Waals surface area contributed by atoms with Gasteiger partial charge >= 0.3 is 10.5 Å². The van der Waals surface area contributed by atoms with E-state index < -0.39 is 10.5 Å². The summed E-state index contributed by atoms with van der Waals surface area (Å²) >= 11 is 0. The largest absolute Gasteiger partial charge is 0.367 e. The number of rotatable bonds is 1. The van der Waals surface area contributed by atoms with Gasteiger partial charge in [-0.15, -0.1) is 0 Å². The van der Waals surface area contributed by atoms with Crippen LogP contribution in [-0.4, -0.2) is 10.3 Å². The third-order valence-corrected chi connectivity index (χ3v) is 2.64. The molecule has 0 unspecified atom stereocenters. The number of halogens is 2. The first-order chi connectivity index (χ1) is 5.58. The van der Waals surface area contributed by atoms with Gasteiger partial charge in [-0.2, -0.15) is 8.57 Å². The molecule has 2 nitrogen and oxygen atoms in total. The molecule has 0 N–H and O–H groups in total. The highest BCUT2D eigenvalue weighted by molar-refractivity contribution is 7.83. The Morgan fingerprint density at radius 3 is 2.00 bits per heavy atom. The normalized spacial score (nSPS) is 21.8. The zero-order valence-electron chi connectivity index (χ0n) is 6.84. The molecule has 1 aliphatic carbocycles. The zero-order valence-corrected chi connectivity index (χ0v) is 7.66. The van der Waals surface area contributed by atoms with E-state index in [9.17, 15) is 12.0 Å². The predicted octanol–water partition coefficient (Wildman–Crippen LogP) is 2.95. The Hall–Kier alpha value is -0.190. The summed E-state index contributed by atoms with van der Waals surface area (Å²) in [6.45, 7) is 0. The topological polar surface area (TPSA) is 29.4 Å². The van der Waals surface area contributed by atoms with Crippen LogP contribution in [0.3, 0.4) is 0 Å². The van der Waals surface area contributed by atoms with Crippen LogP contribution >= 0.6 is 0 Å². The molecule has 1 saturated carbocycles. The van der Waals surface area contributed by atoms with Gasteiger partial charge < -0.3 is 0 Å². The van der Waals surface area contributed by atoms with E-state index >= 15 is 0 Å². The van der Waals surface area contributed by atoms with Gasteiger partial charge in [0, 0.05) is 0 Å². The quantitative estimate of drug-likeness (QED) is 0.469. The highest BCUT2D eigenvalue weighted by Crippen LogP contribution is 2.21. The lowest BCUT2D eigenvalue weighted by molar-refractivity contribution is 0.547.